The minimum Gasteiger partial charge on any atom is -0.475 e. The van der Waals surface area contributed by atoms with Gasteiger partial charge >= 0.3 is 18.1 Å². The molecule has 2 rings (SSSR count). The maximum absolute atomic E-state index is 13.3. The number of carbonyl (C=O) groups is 2. The van der Waals surface area contributed by atoms with E-state index in [1.807, 2.05) is 5.34 Å². The molecular weight excluding hydrogens is 443 g/mol. The number of alkyl halides is 3. The third-order valence-electron chi connectivity index (χ3n) is 3.28. The van der Waals surface area contributed by atoms with Crippen molar-refractivity contribution in [1.82, 2.24) is 0 Å². The Morgan fingerprint density at radius 3 is 2.63 bits per heavy atom. The fourth-order valence-corrected chi connectivity index (χ4v) is 2.80. The van der Waals surface area contributed by atoms with Gasteiger partial charge in [-0.2, -0.15) is 13.2 Å². The van der Waals surface area contributed by atoms with Crippen LogP contribution in [0.15, 0.2) is 27.5 Å². The molecule has 0 unspecified atom stereocenters. The number of esters is 2. The molecule has 0 fully saturated rings. The van der Waals surface area contributed by atoms with Crippen LogP contribution >= 0.6 is 15.9 Å². The van der Waals surface area contributed by atoms with Gasteiger partial charge in [0, 0.05) is 10.0 Å². The van der Waals surface area contributed by atoms with Gasteiger partial charge in [-0.1, -0.05) is 15.9 Å². The van der Waals surface area contributed by atoms with Gasteiger partial charge in [0.2, 0.25) is 19.5 Å². The first-order valence-corrected chi connectivity index (χ1v) is 7.95. The third kappa shape index (κ3) is 5.18. The molecule has 1 heterocycles. The van der Waals surface area contributed by atoms with E-state index < -0.39 is 43.2 Å². The lowest BCUT2D eigenvalue weighted by atomic mass is 9.99. The average Bonchev–Trinajstić information content (AvgIpc) is 2.57. The zero-order valence-electron chi connectivity index (χ0n) is 13.5. The van der Waals surface area contributed by atoms with Crippen LogP contribution in [0.1, 0.15) is 11.1 Å². The van der Waals surface area contributed by atoms with E-state index >= 15 is 0 Å². The van der Waals surface area contributed by atoms with Crippen molar-refractivity contribution in [3.05, 3.63) is 38.2 Å². The number of aryl methyl sites for hydroxylation is 1. The Hall–Kier alpha value is -2.63. The van der Waals surface area contributed by atoms with Gasteiger partial charge in [0.15, 0.2) is 5.34 Å². The third-order valence-corrected chi connectivity index (χ3v) is 3.73. The van der Waals surface area contributed by atoms with Crippen LogP contribution in [0.3, 0.4) is 0 Å². The first-order chi connectivity index (χ1) is 12.6. The largest absolute Gasteiger partial charge is 0.475 e. The van der Waals surface area contributed by atoms with E-state index in [0.717, 1.165) is 6.08 Å². The Balaban J connectivity index is 2.19. The smallest absolute Gasteiger partial charge is 0.430 e. The number of hydrogen-bond donors (Lipinski definition) is 0. The zero-order valence-corrected chi connectivity index (χ0v) is 15.1. The normalized spacial score (nSPS) is 15.7. The Morgan fingerprint density at radius 2 is 2.00 bits per heavy atom. The highest BCUT2D eigenvalue weighted by Gasteiger charge is 2.49. The summed E-state index contributed by atoms with van der Waals surface area (Å²) in [6.07, 6.45) is -6.43. The standard InChI is InChI=1S/C15H11BrF3NO7/c1-7-2-9(16)3-8-4-10(13(15(17,18)19)27-12(7)8)14(22)25-6-24-11(21)5-26-20-23/h2-4,13H,5-6H2,1H3/t13-/m0/s1. The van der Waals surface area contributed by atoms with Gasteiger partial charge in [0.05, 0.1) is 5.57 Å². The van der Waals surface area contributed by atoms with Gasteiger partial charge in [0.1, 0.15) is 5.75 Å². The van der Waals surface area contributed by atoms with Crippen molar-refractivity contribution in [3.8, 4) is 5.75 Å². The second-order valence-electron chi connectivity index (χ2n) is 5.19. The van der Waals surface area contributed by atoms with Crippen molar-refractivity contribution < 1.29 is 41.8 Å². The predicted molar refractivity (Wildman–Crippen MR) is 86.1 cm³/mol. The first kappa shape index (κ1) is 20.7. The number of rotatable bonds is 6. The lowest BCUT2D eigenvalue weighted by Gasteiger charge is -2.28. The number of carbonyl (C=O) groups excluding carboxylic acids is 2. The summed E-state index contributed by atoms with van der Waals surface area (Å²) in [6.45, 7) is -0.255. The van der Waals surface area contributed by atoms with E-state index in [2.05, 4.69) is 30.2 Å². The molecule has 12 heteroatoms. The van der Waals surface area contributed by atoms with Crippen molar-refractivity contribution >= 4 is 33.9 Å². The summed E-state index contributed by atoms with van der Waals surface area (Å²) in [4.78, 5) is 36.7. The zero-order chi connectivity index (χ0) is 20.2. The summed E-state index contributed by atoms with van der Waals surface area (Å²) >= 11 is 3.21. The predicted octanol–water partition coefficient (Wildman–Crippen LogP) is 3.21. The molecule has 1 aliphatic heterocycles. The highest BCUT2D eigenvalue weighted by Crippen LogP contribution is 2.40. The molecule has 0 amide bonds. The molecule has 1 aliphatic rings. The minimum atomic E-state index is -4.89. The first-order valence-electron chi connectivity index (χ1n) is 7.16. The van der Waals surface area contributed by atoms with Gasteiger partial charge in [-0.3, -0.25) is 0 Å². The molecule has 27 heavy (non-hydrogen) atoms. The molecule has 0 spiro atoms. The van der Waals surface area contributed by atoms with E-state index in [0.29, 0.717) is 10.0 Å². The molecule has 1 atom stereocenters. The topological polar surface area (TPSA) is 100 Å². The molecule has 0 N–H and O–H groups in total. The summed E-state index contributed by atoms with van der Waals surface area (Å²) < 4.78 is 54.4. The van der Waals surface area contributed by atoms with Crippen LogP contribution in [0.5, 0.6) is 5.75 Å². The van der Waals surface area contributed by atoms with E-state index in [1.165, 1.54) is 6.07 Å². The van der Waals surface area contributed by atoms with E-state index in [9.17, 15) is 27.7 Å². The van der Waals surface area contributed by atoms with Crippen molar-refractivity contribution in [2.45, 2.75) is 19.2 Å². The van der Waals surface area contributed by atoms with Gasteiger partial charge < -0.3 is 19.0 Å². The molecule has 0 radical (unpaired) electrons. The van der Waals surface area contributed by atoms with E-state index in [-0.39, 0.29) is 11.3 Å². The van der Waals surface area contributed by atoms with Crippen LogP contribution in [0, 0.1) is 11.8 Å². The maximum Gasteiger partial charge on any atom is 0.430 e. The van der Waals surface area contributed by atoms with E-state index in [1.54, 1.807) is 13.0 Å². The number of hydrogen-bond acceptors (Lipinski definition) is 8. The number of fused-ring (bicyclic) bond motifs is 1. The number of nitrogens with zero attached hydrogens (tertiary/aromatic N) is 1. The van der Waals surface area contributed by atoms with E-state index in [4.69, 9.17) is 4.74 Å². The summed E-state index contributed by atoms with van der Waals surface area (Å²) in [5.41, 5.74) is -0.124. The summed E-state index contributed by atoms with van der Waals surface area (Å²) in [5, 5.41) is 1.95. The van der Waals surface area contributed by atoms with Crippen molar-refractivity contribution in [2.75, 3.05) is 13.4 Å². The van der Waals surface area contributed by atoms with Gasteiger partial charge in [-0.15, -0.1) is 4.91 Å². The van der Waals surface area contributed by atoms with Crippen LogP contribution in [0.4, 0.5) is 13.2 Å². The van der Waals surface area contributed by atoms with Gasteiger partial charge in [-0.05, 0) is 30.7 Å². The molecule has 0 saturated heterocycles. The molecule has 0 bridgehead atoms. The summed E-state index contributed by atoms with van der Waals surface area (Å²) in [5.74, 6) is -2.50. The Labute approximate surface area is 158 Å². The van der Waals surface area contributed by atoms with Crippen LogP contribution in [0.25, 0.3) is 6.08 Å². The van der Waals surface area contributed by atoms with Crippen molar-refractivity contribution in [3.63, 3.8) is 0 Å². The maximum atomic E-state index is 13.3. The second-order valence-corrected chi connectivity index (χ2v) is 6.11. The minimum absolute atomic E-state index is 0.0120. The van der Waals surface area contributed by atoms with Gasteiger partial charge in [-0.25, -0.2) is 9.59 Å². The molecule has 146 valence electrons. The number of ether oxygens (including phenoxy) is 3. The lowest BCUT2D eigenvalue weighted by Crippen LogP contribution is -2.41. The Kier molecular flexibility index (Phi) is 6.41. The van der Waals surface area contributed by atoms with Crippen LogP contribution in [0.2, 0.25) is 0 Å². The van der Waals surface area contributed by atoms with Gasteiger partial charge in [0.25, 0.3) is 0 Å². The van der Waals surface area contributed by atoms with Crippen molar-refractivity contribution in [1.29, 1.82) is 0 Å². The SMILES string of the molecule is Cc1cc(Br)cc2c1O[C@H](C(F)(F)F)C(C(=O)OCOC(=O)CON=O)=C2. The fourth-order valence-electron chi connectivity index (χ4n) is 2.21. The number of halogens is 4. The molecule has 0 saturated carbocycles. The molecular formula is C15H11BrF3NO7. The highest BCUT2D eigenvalue weighted by atomic mass is 79.9. The van der Waals surface area contributed by atoms with Crippen LogP contribution < -0.4 is 4.74 Å². The highest BCUT2D eigenvalue weighted by molar-refractivity contribution is 9.10. The average molecular weight is 454 g/mol. The molecule has 0 aromatic heterocycles. The monoisotopic (exact) mass is 453 g/mol. The summed E-state index contributed by atoms with van der Waals surface area (Å²) in [7, 11) is 0. The number of benzene rings is 1. The molecule has 1 aromatic carbocycles. The summed E-state index contributed by atoms with van der Waals surface area (Å²) in [6, 6.07) is 3.05. The molecule has 1 aromatic rings. The Bertz CT molecular complexity index is 794. The van der Waals surface area contributed by atoms with Crippen LogP contribution in [-0.2, 0) is 23.9 Å². The molecule has 8 nitrogen and oxygen atoms in total. The second kappa shape index (κ2) is 8.37. The Morgan fingerprint density at radius 1 is 1.30 bits per heavy atom. The van der Waals surface area contributed by atoms with Crippen molar-refractivity contribution in [2.24, 2.45) is 5.34 Å². The quantitative estimate of drug-likeness (QED) is 0.282. The lowest BCUT2D eigenvalue weighted by molar-refractivity contribution is -0.191. The fraction of sp³-hybridized carbons (Fsp3) is 0.333. The van der Waals surface area contributed by atoms with Crippen LogP contribution in [-0.4, -0.2) is 37.6 Å². The molecule has 0 aliphatic carbocycles.